The number of carbonyl (C=O) groups is 2. The van der Waals surface area contributed by atoms with Gasteiger partial charge in [0.1, 0.15) is 0 Å². The SMILES string of the molecule is COCCC1(C(=O)NC(C)Cc2ccc(NC(=O)c3cc(C#N)ccc3Cl)cc2)CCCC1. The molecular weight excluding hydrogens is 438 g/mol. The third-order valence-electron chi connectivity index (χ3n) is 6.30. The van der Waals surface area contributed by atoms with E-state index in [1.165, 1.54) is 6.07 Å². The number of anilines is 1. The summed E-state index contributed by atoms with van der Waals surface area (Å²) < 4.78 is 5.23. The van der Waals surface area contributed by atoms with E-state index in [0.717, 1.165) is 37.7 Å². The zero-order valence-corrected chi connectivity index (χ0v) is 19.9. The quantitative estimate of drug-likeness (QED) is 0.536. The van der Waals surface area contributed by atoms with Gasteiger partial charge in [-0.3, -0.25) is 9.59 Å². The van der Waals surface area contributed by atoms with Crippen molar-refractivity contribution in [1.82, 2.24) is 5.32 Å². The fraction of sp³-hybridized carbons (Fsp3) is 0.423. The molecule has 0 heterocycles. The first-order valence-corrected chi connectivity index (χ1v) is 11.6. The van der Waals surface area contributed by atoms with Crippen LogP contribution in [-0.4, -0.2) is 31.6 Å². The Morgan fingerprint density at radius 1 is 1.18 bits per heavy atom. The fourth-order valence-electron chi connectivity index (χ4n) is 4.41. The molecule has 1 saturated carbocycles. The Kier molecular flexibility index (Phi) is 8.49. The van der Waals surface area contributed by atoms with Gasteiger partial charge in [0.15, 0.2) is 0 Å². The van der Waals surface area contributed by atoms with Crippen molar-refractivity contribution in [2.24, 2.45) is 5.41 Å². The van der Waals surface area contributed by atoms with E-state index in [4.69, 9.17) is 21.6 Å². The molecule has 0 spiro atoms. The summed E-state index contributed by atoms with van der Waals surface area (Å²) in [6.07, 6.45) is 5.47. The van der Waals surface area contributed by atoms with Gasteiger partial charge in [-0.25, -0.2) is 0 Å². The molecule has 6 nitrogen and oxygen atoms in total. The molecule has 1 aliphatic rings. The van der Waals surface area contributed by atoms with Crippen molar-refractivity contribution < 1.29 is 14.3 Å². The van der Waals surface area contributed by atoms with Gasteiger partial charge < -0.3 is 15.4 Å². The number of halogens is 1. The summed E-state index contributed by atoms with van der Waals surface area (Å²) in [6.45, 7) is 2.61. The molecule has 1 aliphatic carbocycles. The summed E-state index contributed by atoms with van der Waals surface area (Å²) in [5.41, 5.74) is 2.01. The molecular formula is C26H30ClN3O3. The van der Waals surface area contributed by atoms with Crippen molar-refractivity contribution in [3.63, 3.8) is 0 Å². The third kappa shape index (κ3) is 6.34. The molecule has 0 aliphatic heterocycles. The van der Waals surface area contributed by atoms with E-state index >= 15 is 0 Å². The highest BCUT2D eigenvalue weighted by Gasteiger charge is 2.40. The summed E-state index contributed by atoms with van der Waals surface area (Å²) in [7, 11) is 1.67. The van der Waals surface area contributed by atoms with E-state index in [2.05, 4.69) is 10.6 Å². The first-order valence-electron chi connectivity index (χ1n) is 11.3. The summed E-state index contributed by atoms with van der Waals surface area (Å²) >= 11 is 6.11. The molecule has 2 amide bonds. The van der Waals surface area contributed by atoms with Gasteiger partial charge in [-0.1, -0.05) is 36.6 Å². The predicted octanol–water partition coefficient (Wildman–Crippen LogP) is 5.11. The van der Waals surface area contributed by atoms with Gasteiger partial charge in [0.05, 0.1) is 27.6 Å². The van der Waals surface area contributed by atoms with Crippen LogP contribution < -0.4 is 10.6 Å². The molecule has 1 unspecified atom stereocenters. The van der Waals surface area contributed by atoms with Gasteiger partial charge in [0.2, 0.25) is 5.91 Å². The Balaban J connectivity index is 1.57. The monoisotopic (exact) mass is 467 g/mol. The van der Waals surface area contributed by atoms with Crippen molar-refractivity contribution in [1.29, 1.82) is 5.26 Å². The van der Waals surface area contributed by atoms with E-state index in [-0.39, 0.29) is 28.8 Å². The lowest BCUT2D eigenvalue weighted by Gasteiger charge is -2.29. The molecule has 1 fully saturated rings. The zero-order chi connectivity index (χ0) is 23.8. The van der Waals surface area contributed by atoms with Gasteiger partial charge in [-0.2, -0.15) is 5.26 Å². The highest BCUT2D eigenvalue weighted by atomic mass is 35.5. The number of hydrogen-bond acceptors (Lipinski definition) is 4. The average Bonchev–Trinajstić information content (AvgIpc) is 3.29. The lowest BCUT2D eigenvalue weighted by atomic mass is 9.81. The van der Waals surface area contributed by atoms with Gasteiger partial charge >= 0.3 is 0 Å². The maximum absolute atomic E-state index is 13.0. The van der Waals surface area contributed by atoms with Crippen LogP contribution in [0.25, 0.3) is 0 Å². The number of nitrogens with one attached hydrogen (secondary N) is 2. The molecule has 0 bridgehead atoms. The number of carbonyl (C=O) groups excluding carboxylic acids is 2. The summed E-state index contributed by atoms with van der Waals surface area (Å²) in [4.78, 5) is 25.6. The fourth-order valence-corrected chi connectivity index (χ4v) is 4.62. The maximum Gasteiger partial charge on any atom is 0.257 e. The Bertz CT molecular complexity index is 1020. The van der Waals surface area contributed by atoms with Gasteiger partial charge in [-0.15, -0.1) is 0 Å². The molecule has 7 heteroatoms. The second-order valence-corrected chi connectivity index (χ2v) is 9.17. The number of amides is 2. The number of nitriles is 1. The molecule has 174 valence electrons. The molecule has 0 radical (unpaired) electrons. The number of hydrogen-bond donors (Lipinski definition) is 2. The van der Waals surface area contributed by atoms with Crippen molar-refractivity contribution in [2.45, 2.75) is 51.5 Å². The van der Waals surface area contributed by atoms with Crippen LogP contribution in [-0.2, 0) is 16.0 Å². The molecule has 3 rings (SSSR count). The smallest absolute Gasteiger partial charge is 0.257 e. The molecule has 33 heavy (non-hydrogen) atoms. The lowest BCUT2D eigenvalue weighted by molar-refractivity contribution is -0.132. The minimum Gasteiger partial charge on any atom is -0.385 e. The highest BCUT2D eigenvalue weighted by molar-refractivity contribution is 6.34. The normalized spacial score (nSPS) is 15.5. The number of benzene rings is 2. The Hall–Kier alpha value is -2.88. The minimum absolute atomic E-state index is 0.00881. The molecule has 1 atom stereocenters. The van der Waals surface area contributed by atoms with E-state index in [9.17, 15) is 9.59 Å². The first-order chi connectivity index (χ1) is 15.9. The van der Waals surface area contributed by atoms with Crippen LogP contribution >= 0.6 is 11.6 Å². The molecule has 2 aromatic carbocycles. The second kappa shape index (κ2) is 11.3. The van der Waals surface area contributed by atoms with E-state index < -0.39 is 0 Å². The summed E-state index contributed by atoms with van der Waals surface area (Å²) in [5.74, 6) is -0.242. The van der Waals surface area contributed by atoms with E-state index in [1.807, 2.05) is 37.3 Å². The number of ether oxygens (including phenoxy) is 1. The molecule has 2 N–H and O–H groups in total. The van der Waals surface area contributed by atoms with Crippen molar-refractivity contribution in [2.75, 3.05) is 19.0 Å². The number of nitrogens with zero attached hydrogens (tertiary/aromatic N) is 1. The van der Waals surface area contributed by atoms with Crippen LogP contribution in [0.15, 0.2) is 42.5 Å². The molecule has 2 aromatic rings. The maximum atomic E-state index is 13.0. The largest absolute Gasteiger partial charge is 0.385 e. The summed E-state index contributed by atoms with van der Waals surface area (Å²) in [6, 6.07) is 14.1. The van der Waals surface area contributed by atoms with Crippen LogP contribution in [0.2, 0.25) is 5.02 Å². The number of rotatable bonds is 9. The van der Waals surface area contributed by atoms with Gasteiger partial charge in [0.25, 0.3) is 5.91 Å². The highest BCUT2D eigenvalue weighted by Crippen LogP contribution is 2.41. The van der Waals surface area contributed by atoms with Crippen molar-refractivity contribution >= 4 is 29.1 Å². The molecule has 0 saturated heterocycles. The van der Waals surface area contributed by atoms with Crippen LogP contribution in [0.1, 0.15) is 60.5 Å². The zero-order valence-electron chi connectivity index (χ0n) is 19.1. The Morgan fingerprint density at radius 2 is 1.88 bits per heavy atom. The third-order valence-corrected chi connectivity index (χ3v) is 6.63. The van der Waals surface area contributed by atoms with Crippen molar-refractivity contribution in [3.05, 3.63) is 64.2 Å². The number of methoxy groups -OCH3 is 1. The van der Waals surface area contributed by atoms with Crippen LogP contribution in [0, 0.1) is 16.7 Å². The van der Waals surface area contributed by atoms with Crippen LogP contribution in [0.3, 0.4) is 0 Å². The lowest BCUT2D eigenvalue weighted by Crippen LogP contribution is -2.44. The summed E-state index contributed by atoms with van der Waals surface area (Å²) in [5, 5.41) is 15.3. The van der Waals surface area contributed by atoms with Gasteiger partial charge in [0, 0.05) is 25.4 Å². The average molecular weight is 468 g/mol. The van der Waals surface area contributed by atoms with Crippen LogP contribution in [0.4, 0.5) is 5.69 Å². The topological polar surface area (TPSA) is 91.2 Å². The van der Waals surface area contributed by atoms with Crippen LogP contribution in [0.5, 0.6) is 0 Å². The van der Waals surface area contributed by atoms with Gasteiger partial charge in [-0.05, 0) is 68.5 Å². The Labute approximate surface area is 200 Å². The minimum atomic E-state index is -0.372. The van der Waals surface area contributed by atoms with E-state index in [0.29, 0.717) is 29.3 Å². The van der Waals surface area contributed by atoms with Crippen molar-refractivity contribution in [3.8, 4) is 6.07 Å². The first kappa shape index (κ1) is 24.8. The second-order valence-electron chi connectivity index (χ2n) is 8.77. The van der Waals surface area contributed by atoms with E-state index in [1.54, 1.807) is 19.2 Å². The standard InChI is InChI=1S/C26H30ClN3O3/c1-18(29-25(32)26(13-14-33-2)11-3-4-12-26)15-19-5-8-21(9-6-19)30-24(31)22-16-20(17-28)7-10-23(22)27/h5-10,16,18H,3-4,11-15H2,1-2H3,(H,29,32)(H,30,31). The Morgan fingerprint density at radius 3 is 2.52 bits per heavy atom. The predicted molar refractivity (Wildman–Crippen MR) is 129 cm³/mol. The molecule has 0 aromatic heterocycles.